The van der Waals surface area contributed by atoms with Gasteiger partial charge in [-0.3, -0.25) is 23.7 Å². The van der Waals surface area contributed by atoms with Crippen LogP contribution in [0.15, 0.2) is 63.2 Å². The van der Waals surface area contributed by atoms with E-state index in [1.807, 2.05) is 0 Å². The number of ether oxygens (including phenoxy) is 2. The van der Waals surface area contributed by atoms with Gasteiger partial charge < -0.3 is 38.9 Å². The largest absolute Gasteiger partial charge is 0.780 e. The molecule has 2 aliphatic rings. The van der Waals surface area contributed by atoms with Gasteiger partial charge in [0.2, 0.25) is 0 Å². The molecular formula is C26H29N5O11PS-. The van der Waals surface area contributed by atoms with Crippen molar-refractivity contribution < 1.29 is 38.4 Å². The first-order valence-corrected chi connectivity index (χ1v) is 16.0. The summed E-state index contributed by atoms with van der Waals surface area (Å²) in [6.45, 7) is -3.73. The van der Waals surface area contributed by atoms with Crippen molar-refractivity contribution in [3.05, 3.63) is 91.2 Å². The molecule has 5 rings (SSSR count). The van der Waals surface area contributed by atoms with Crippen LogP contribution >= 0.6 is 6.72 Å². The predicted octanol–water partition coefficient (Wildman–Crippen LogP) is -0.731. The Bertz CT molecular complexity index is 1730. The average Bonchev–Trinajstić information content (AvgIpc) is 3.56. The molecular weight excluding hydrogens is 621 g/mol. The van der Waals surface area contributed by atoms with Crippen LogP contribution in [0.4, 0.5) is 5.82 Å². The number of nitrogens with one attached hydrogen (secondary N) is 2. The third-order valence-corrected chi connectivity index (χ3v) is 8.67. The van der Waals surface area contributed by atoms with Gasteiger partial charge in [-0.15, -0.1) is 0 Å². The van der Waals surface area contributed by atoms with E-state index in [2.05, 4.69) is 15.3 Å². The Labute approximate surface area is 254 Å². The average molecular weight is 651 g/mol. The van der Waals surface area contributed by atoms with E-state index in [0.29, 0.717) is 5.56 Å². The summed E-state index contributed by atoms with van der Waals surface area (Å²) in [6.07, 6.45) is -3.47. The van der Waals surface area contributed by atoms with Crippen LogP contribution in [0.5, 0.6) is 0 Å². The molecule has 2 aromatic heterocycles. The van der Waals surface area contributed by atoms with Crippen molar-refractivity contribution in [3.63, 3.8) is 0 Å². The summed E-state index contributed by atoms with van der Waals surface area (Å²) in [5, 5.41) is 22.8. The monoisotopic (exact) mass is 650 g/mol. The molecule has 16 nitrogen and oxygen atoms in total. The molecule has 2 saturated heterocycles. The lowest BCUT2D eigenvalue weighted by atomic mass is 10.2. The highest BCUT2D eigenvalue weighted by Crippen LogP contribution is 2.46. The second-order valence-corrected chi connectivity index (χ2v) is 12.9. The molecule has 4 heterocycles. The molecule has 1 amide bonds. The lowest BCUT2D eigenvalue weighted by Crippen LogP contribution is -2.33. The molecule has 18 heteroatoms. The van der Waals surface area contributed by atoms with E-state index < -0.39 is 79.6 Å². The third-order valence-electron chi connectivity index (χ3n) is 7.10. The van der Waals surface area contributed by atoms with Gasteiger partial charge in [0.1, 0.15) is 37.2 Å². The minimum atomic E-state index is -4.24. The highest BCUT2D eigenvalue weighted by atomic mass is 32.5. The van der Waals surface area contributed by atoms with Crippen LogP contribution < -0.4 is 27.1 Å². The van der Waals surface area contributed by atoms with E-state index in [4.69, 9.17) is 30.3 Å². The van der Waals surface area contributed by atoms with E-state index in [1.54, 1.807) is 30.3 Å². The van der Waals surface area contributed by atoms with Crippen LogP contribution in [0.1, 0.15) is 41.2 Å². The SMILES string of the molecule is Cc1cn([C@H]2C[C@H](O)[C@@H](COP([O-])(=S)O[C@H]3C[C@H](n4ccc(NC(=O)c5ccccc5)nc4=O)O[C@@H]3CO)O2)c(=O)[nH]c1=O. The molecule has 0 aliphatic carbocycles. The number of hydrogen-bond acceptors (Lipinski definition) is 13. The summed E-state index contributed by atoms with van der Waals surface area (Å²) in [4.78, 5) is 68.0. The number of aryl methyl sites for hydroxylation is 1. The lowest BCUT2D eigenvalue weighted by molar-refractivity contribution is -0.215. The van der Waals surface area contributed by atoms with E-state index in [1.165, 1.54) is 25.4 Å². The number of carbonyl (C=O) groups is 1. The Morgan fingerprint density at radius 1 is 1.16 bits per heavy atom. The predicted molar refractivity (Wildman–Crippen MR) is 154 cm³/mol. The molecule has 0 bridgehead atoms. The van der Waals surface area contributed by atoms with Crippen molar-refractivity contribution in [1.29, 1.82) is 0 Å². The van der Waals surface area contributed by atoms with E-state index in [9.17, 15) is 34.3 Å². The third kappa shape index (κ3) is 7.28. The Hall–Kier alpha value is -3.38. The summed E-state index contributed by atoms with van der Waals surface area (Å²) in [5.74, 6) is -0.430. The molecule has 236 valence electrons. The van der Waals surface area contributed by atoms with Crippen LogP contribution in [0.3, 0.4) is 0 Å². The van der Waals surface area contributed by atoms with Crippen LogP contribution in [0.2, 0.25) is 0 Å². The second-order valence-electron chi connectivity index (χ2n) is 10.2. The Morgan fingerprint density at radius 3 is 2.57 bits per heavy atom. The lowest BCUT2D eigenvalue weighted by Gasteiger charge is -2.32. The van der Waals surface area contributed by atoms with Crippen LogP contribution in [-0.4, -0.2) is 72.9 Å². The van der Waals surface area contributed by atoms with Gasteiger partial charge in [-0.25, -0.2) is 9.59 Å². The fraction of sp³-hybridized carbons (Fsp3) is 0.423. The Kier molecular flexibility index (Phi) is 9.69. The highest BCUT2D eigenvalue weighted by Gasteiger charge is 2.40. The number of aromatic amines is 1. The van der Waals surface area contributed by atoms with Crippen molar-refractivity contribution in [2.75, 3.05) is 18.5 Å². The van der Waals surface area contributed by atoms with Gasteiger partial charge in [0.05, 0.1) is 25.4 Å². The molecule has 0 radical (unpaired) electrons. The number of H-pyrrole nitrogens is 1. The van der Waals surface area contributed by atoms with Gasteiger partial charge in [-0.05, 0) is 25.1 Å². The van der Waals surface area contributed by atoms with Crippen molar-refractivity contribution in [2.45, 2.75) is 56.6 Å². The number of aliphatic hydroxyl groups is 2. The summed E-state index contributed by atoms with van der Waals surface area (Å²) in [6, 6.07) is 9.77. The number of nitrogens with zero attached hydrogens (tertiary/aromatic N) is 3. The van der Waals surface area contributed by atoms with Crippen molar-refractivity contribution >= 4 is 30.3 Å². The van der Waals surface area contributed by atoms with E-state index in [0.717, 1.165) is 9.13 Å². The first-order chi connectivity index (χ1) is 20.9. The molecule has 1 unspecified atom stereocenters. The summed E-state index contributed by atoms with van der Waals surface area (Å²) >= 11 is 5.03. The molecule has 0 spiro atoms. The van der Waals surface area contributed by atoms with Crippen molar-refractivity contribution in [2.24, 2.45) is 0 Å². The molecule has 3 aromatic rings. The summed E-state index contributed by atoms with van der Waals surface area (Å²) < 4.78 is 24.5. The number of rotatable bonds is 10. The first kappa shape index (κ1) is 32.0. The van der Waals surface area contributed by atoms with Crippen LogP contribution in [0.25, 0.3) is 0 Å². The maximum Gasteiger partial charge on any atom is 0.351 e. The number of hydrogen-bond donors (Lipinski definition) is 4. The molecule has 44 heavy (non-hydrogen) atoms. The standard InChI is InChI=1S/C26H30N5O11PS/c1-14-11-31(26(37)29-23(14)34)21-9-16(33)19(41-21)13-39-43(38,44)42-17-10-22(40-18(17)12-32)30-8-7-20(28-25(30)36)27-24(35)15-5-3-2-4-6-15/h2-8,11,16-19,21-22,32-33H,9-10,12-13H2,1H3,(H,38,44)(H,29,34,37)(H,27,28,35,36)/p-1/t16-,17-,18+,19+,21+,22+,43?/m0/s1. The van der Waals surface area contributed by atoms with Gasteiger partial charge in [0.15, 0.2) is 0 Å². The molecule has 0 saturated carbocycles. The molecule has 2 aliphatic heterocycles. The van der Waals surface area contributed by atoms with Gasteiger partial charge in [0.25, 0.3) is 11.5 Å². The number of carbonyl (C=O) groups excluding carboxylic acids is 1. The fourth-order valence-corrected chi connectivity index (χ4v) is 6.28. The second kappa shape index (κ2) is 13.3. The summed E-state index contributed by atoms with van der Waals surface area (Å²) in [7, 11) is 0. The van der Waals surface area contributed by atoms with E-state index in [-0.39, 0.29) is 24.2 Å². The zero-order valence-corrected chi connectivity index (χ0v) is 24.9. The Balaban J connectivity index is 1.18. The zero-order valence-electron chi connectivity index (χ0n) is 23.2. The first-order valence-electron chi connectivity index (χ1n) is 13.5. The molecule has 2 fully saturated rings. The number of benzene rings is 1. The Morgan fingerprint density at radius 2 is 1.86 bits per heavy atom. The normalized spacial score (nSPS) is 26.4. The molecule has 1 aromatic carbocycles. The topological polar surface area (TPSA) is 219 Å². The van der Waals surface area contributed by atoms with Crippen LogP contribution in [-0.2, 0) is 30.3 Å². The number of amides is 1. The maximum atomic E-state index is 13.0. The molecule has 7 atom stereocenters. The van der Waals surface area contributed by atoms with Crippen molar-refractivity contribution in [1.82, 2.24) is 19.1 Å². The van der Waals surface area contributed by atoms with Crippen LogP contribution in [0, 0.1) is 6.92 Å². The maximum absolute atomic E-state index is 13.0. The summed E-state index contributed by atoms with van der Waals surface area (Å²) in [5.41, 5.74) is -1.37. The highest BCUT2D eigenvalue weighted by molar-refractivity contribution is 8.06. The van der Waals surface area contributed by atoms with Gasteiger partial charge >= 0.3 is 11.4 Å². The molecule has 4 N–H and O–H groups in total. The number of aliphatic hydroxyl groups excluding tert-OH is 2. The quantitative estimate of drug-likeness (QED) is 0.199. The van der Waals surface area contributed by atoms with Gasteiger partial charge in [-0.1, -0.05) is 30.0 Å². The zero-order chi connectivity index (χ0) is 31.6. The fourth-order valence-electron chi connectivity index (χ4n) is 4.82. The van der Waals surface area contributed by atoms with Crippen molar-refractivity contribution in [3.8, 4) is 0 Å². The van der Waals surface area contributed by atoms with Gasteiger partial charge in [-0.2, -0.15) is 4.98 Å². The van der Waals surface area contributed by atoms with E-state index >= 15 is 0 Å². The minimum Gasteiger partial charge on any atom is -0.780 e. The number of anilines is 1. The van der Waals surface area contributed by atoms with Gasteiger partial charge in [0, 0.05) is 36.4 Å². The minimum absolute atomic E-state index is 0.00967. The smallest absolute Gasteiger partial charge is 0.351 e. The number of aromatic nitrogens is 4.